The first-order valence-electron chi connectivity index (χ1n) is 11.5. The van der Waals surface area contributed by atoms with Gasteiger partial charge < -0.3 is 15.5 Å². The highest BCUT2D eigenvalue weighted by atomic mass is 32.2. The molecule has 9 nitrogen and oxygen atoms in total. The number of hydrogen-bond acceptors (Lipinski definition) is 7. The molecule has 2 amide bonds. The van der Waals surface area contributed by atoms with Crippen molar-refractivity contribution in [2.24, 2.45) is 4.36 Å². The van der Waals surface area contributed by atoms with E-state index in [0.717, 1.165) is 6.92 Å². The Kier molecular flexibility index (Phi) is 8.71. The highest BCUT2D eigenvalue weighted by Crippen LogP contribution is 2.36. The molecule has 15 heteroatoms. The van der Waals surface area contributed by atoms with Gasteiger partial charge >= 0.3 is 6.18 Å². The summed E-state index contributed by atoms with van der Waals surface area (Å²) in [5, 5.41) is 12.0. The third-order valence-electron chi connectivity index (χ3n) is 5.84. The summed E-state index contributed by atoms with van der Waals surface area (Å²) >= 11 is 0. The van der Waals surface area contributed by atoms with Crippen LogP contribution in [0.1, 0.15) is 40.9 Å². The number of benzene rings is 1. The zero-order valence-electron chi connectivity index (χ0n) is 20.9. The molecule has 2 aromatic rings. The van der Waals surface area contributed by atoms with Crippen LogP contribution in [-0.4, -0.2) is 65.1 Å². The third-order valence-corrected chi connectivity index (χ3v) is 7.53. The van der Waals surface area contributed by atoms with Crippen LogP contribution in [0.4, 0.5) is 33.5 Å². The molecule has 208 valence electrons. The number of carbonyl (C=O) groups excluding carboxylic acids is 2. The standard InChI is InChI=1S/C23H27F5N6O3S/c1-14-18(20(32-31-19(14)23(26,27)28)34-10-5-8-22(24,25)9-11-34)21(36)30-15-6-4-7-16(12-15)38(3,37)33-17(35)13-29-2/h4,6-7,12,29H,5,8-11,13H2,1-3H3,(H,30,36). The molecule has 0 aliphatic carbocycles. The summed E-state index contributed by atoms with van der Waals surface area (Å²) in [6, 6.07) is 5.56. The Balaban J connectivity index is 2.02. The molecule has 38 heavy (non-hydrogen) atoms. The first kappa shape index (κ1) is 29.4. The average molecular weight is 563 g/mol. The topological polar surface area (TPSA) is 117 Å². The highest BCUT2D eigenvalue weighted by molar-refractivity contribution is 7.93. The molecular formula is C23H27F5N6O3S. The van der Waals surface area contributed by atoms with Crippen LogP contribution in [0.25, 0.3) is 0 Å². The van der Waals surface area contributed by atoms with Gasteiger partial charge in [0.1, 0.15) is 0 Å². The Morgan fingerprint density at radius 1 is 1.18 bits per heavy atom. The van der Waals surface area contributed by atoms with Gasteiger partial charge in [0.2, 0.25) is 5.92 Å². The fourth-order valence-electron chi connectivity index (χ4n) is 3.98. The summed E-state index contributed by atoms with van der Waals surface area (Å²) in [5.41, 5.74) is -2.29. The van der Waals surface area contributed by atoms with E-state index in [2.05, 4.69) is 25.2 Å². The van der Waals surface area contributed by atoms with Crippen LogP contribution in [0.15, 0.2) is 33.5 Å². The second-order valence-electron chi connectivity index (χ2n) is 8.87. The minimum atomic E-state index is -4.91. The number of nitrogens with zero attached hydrogens (tertiary/aromatic N) is 4. The Labute approximate surface area is 216 Å². The number of rotatable bonds is 6. The molecule has 0 radical (unpaired) electrons. The molecule has 2 N–H and O–H groups in total. The number of nitrogens with one attached hydrogen (secondary N) is 2. The third kappa shape index (κ3) is 7.01. The largest absolute Gasteiger partial charge is 0.435 e. The number of hydrogen-bond donors (Lipinski definition) is 2. The van der Waals surface area contributed by atoms with Gasteiger partial charge in [-0.15, -0.1) is 10.2 Å². The maximum atomic E-state index is 13.9. The molecule has 1 aromatic carbocycles. The van der Waals surface area contributed by atoms with E-state index in [1.807, 2.05) is 0 Å². The van der Waals surface area contributed by atoms with E-state index in [4.69, 9.17) is 0 Å². The summed E-state index contributed by atoms with van der Waals surface area (Å²) in [5.74, 6) is -4.83. The summed E-state index contributed by atoms with van der Waals surface area (Å²) < 4.78 is 85.3. The minimum absolute atomic E-state index is 0.0402. The molecule has 0 spiro atoms. The first-order valence-corrected chi connectivity index (χ1v) is 13.5. The monoisotopic (exact) mass is 562 g/mol. The van der Waals surface area contributed by atoms with Crippen LogP contribution in [0.5, 0.6) is 0 Å². The van der Waals surface area contributed by atoms with Crippen molar-refractivity contribution in [2.75, 3.05) is 43.2 Å². The van der Waals surface area contributed by atoms with Crippen molar-refractivity contribution in [2.45, 2.75) is 43.2 Å². The van der Waals surface area contributed by atoms with E-state index in [1.165, 1.54) is 42.5 Å². The lowest BCUT2D eigenvalue weighted by Crippen LogP contribution is -2.31. The van der Waals surface area contributed by atoms with Crippen molar-refractivity contribution in [1.82, 2.24) is 15.5 Å². The molecule has 1 aliphatic rings. The Morgan fingerprint density at radius 3 is 2.55 bits per heavy atom. The first-order chi connectivity index (χ1) is 17.6. The number of aromatic nitrogens is 2. The maximum absolute atomic E-state index is 13.9. The van der Waals surface area contributed by atoms with Crippen molar-refractivity contribution in [1.29, 1.82) is 0 Å². The lowest BCUT2D eigenvalue weighted by atomic mass is 10.1. The fraction of sp³-hybridized carbons (Fsp3) is 0.478. The second-order valence-corrected chi connectivity index (χ2v) is 11.1. The zero-order valence-corrected chi connectivity index (χ0v) is 21.7. The molecule has 1 fully saturated rings. The molecule has 1 atom stereocenters. The molecular weight excluding hydrogens is 535 g/mol. The van der Waals surface area contributed by atoms with Gasteiger partial charge in [-0.05, 0) is 44.2 Å². The van der Waals surface area contributed by atoms with Crippen molar-refractivity contribution in [3.63, 3.8) is 0 Å². The summed E-state index contributed by atoms with van der Waals surface area (Å²) in [7, 11) is -1.68. The molecule has 2 heterocycles. The smallest absolute Gasteiger partial charge is 0.354 e. The van der Waals surface area contributed by atoms with Gasteiger partial charge in [0.05, 0.1) is 21.8 Å². The van der Waals surface area contributed by atoms with Gasteiger partial charge in [0, 0.05) is 42.8 Å². The molecule has 0 saturated carbocycles. The molecule has 3 rings (SSSR count). The lowest BCUT2D eigenvalue weighted by molar-refractivity contribution is -0.142. The normalized spacial score (nSPS) is 17.3. The van der Waals surface area contributed by atoms with Crippen molar-refractivity contribution in [3.8, 4) is 0 Å². The van der Waals surface area contributed by atoms with E-state index < -0.39 is 63.3 Å². The molecule has 1 aliphatic heterocycles. The second kappa shape index (κ2) is 11.3. The van der Waals surface area contributed by atoms with E-state index in [1.54, 1.807) is 0 Å². The van der Waals surface area contributed by atoms with E-state index >= 15 is 0 Å². The molecule has 0 bridgehead atoms. The highest BCUT2D eigenvalue weighted by Gasteiger charge is 2.39. The minimum Gasteiger partial charge on any atom is -0.354 e. The van der Waals surface area contributed by atoms with Crippen LogP contribution in [-0.2, 0) is 20.7 Å². The fourth-order valence-corrected chi connectivity index (χ4v) is 5.22. The number of anilines is 2. The van der Waals surface area contributed by atoms with Crippen molar-refractivity contribution in [3.05, 3.63) is 41.1 Å². The number of carbonyl (C=O) groups is 2. The van der Waals surface area contributed by atoms with Crippen LogP contribution in [0.3, 0.4) is 0 Å². The number of amides is 2. The predicted octanol–water partition coefficient (Wildman–Crippen LogP) is 3.88. The zero-order chi connectivity index (χ0) is 28.3. The van der Waals surface area contributed by atoms with E-state index in [0.29, 0.717) is 0 Å². The molecule has 1 aromatic heterocycles. The number of likely N-dealkylation sites (N-methyl/N-ethyl adjacent to an activating group) is 1. The Hall–Kier alpha value is -3.20. The van der Waals surface area contributed by atoms with Crippen molar-refractivity contribution >= 4 is 33.0 Å². The van der Waals surface area contributed by atoms with Gasteiger partial charge in [0.15, 0.2) is 11.5 Å². The van der Waals surface area contributed by atoms with Crippen LogP contribution in [0.2, 0.25) is 0 Å². The molecule has 1 saturated heterocycles. The van der Waals surface area contributed by atoms with Gasteiger partial charge in [-0.2, -0.15) is 17.5 Å². The van der Waals surface area contributed by atoms with Gasteiger partial charge in [-0.1, -0.05) is 6.07 Å². The van der Waals surface area contributed by atoms with E-state index in [9.17, 15) is 35.8 Å². The van der Waals surface area contributed by atoms with Gasteiger partial charge in [0.25, 0.3) is 11.8 Å². The average Bonchev–Trinajstić information content (AvgIpc) is 2.98. The SMILES string of the molecule is CNCC(=O)N=S(C)(=O)c1cccc(NC(=O)c2c(N3CCCC(F)(F)CC3)nnc(C(F)(F)F)c2C)c1. The van der Waals surface area contributed by atoms with Gasteiger partial charge in [-0.3, -0.25) is 9.59 Å². The number of halogens is 5. The Morgan fingerprint density at radius 2 is 1.89 bits per heavy atom. The predicted molar refractivity (Wildman–Crippen MR) is 131 cm³/mol. The quantitative estimate of drug-likeness (QED) is 0.514. The number of alkyl halides is 5. The van der Waals surface area contributed by atoms with Gasteiger partial charge in [-0.25, -0.2) is 13.0 Å². The molecule has 1 unspecified atom stereocenters. The van der Waals surface area contributed by atoms with Crippen LogP contribution >= 0.6 is 0 Å². The summed E-state index contributed by atoms with van der Waals surface area (Å²) in [6.07, 6.45) is -4.59. The maximum Gasteiger partial charge on any atom is 0.435 e. The lowest BCUT2D eigenvalue weighted by Gasteiger charge is -2.25. The van der Waals surface area contributed by atoms with E-state index in [-0.39, 0.29) is 42.5 Å². The van der Waals surface area contributed by atoms with Crippen LogP contribution in [0, 0.1) is 6.92 Å². The van der Waals surface area contributed by atoms with Crippen molar-refractivity contribution < 1.29 is 35.8 Å². The summed E-state index contributed by atoms with van der Waals surface area (Å²) in [6.45, 7) is 0.736. The Bertz CT molecular complexity index is 1340. The summed E-state index contributed by atoms with van der Waals surface area (Å²) in [4.78, 5) is 26.6. The van der Waals surface area contributed by atoms with Crippen LogP contribution < -0.4 is 15.5 Å².